The van der Waals surface area contributed by atoms with Gasteiger partial charge < -0.3 is 9.30 Å². The van der Waals surface area contributed by atoms with E-state index in [1.807, 2.05) is 0 Å². The van der Waals surface area contributed by atoms with Crippen molar-refractivity contribution in [1.29, 1.82) is 0 Å². The van der Waals surface area contributed by atoms with E-state index >= 15 is 0 Å². The zero-order chi connectivity index (χ0) is 16.6. The maximum Gasteiger partial charge on any atom is 0.316 e. The average Bonchev–Trinajstić information content (AvgIpc) is 3.10. The second kappa shape index (κ2) is 5.85. The highest BCUT2D eigenvalue weighted by atomic mass is 32.2. The van der Waals surface area contributed by atoms with E-state index in [4.69, 9.17) is 4.74 Å². The maximum atomic E-state index is 12.8. The summed E-state index contributed by atoms with van der Waals surface area (Å²) in [5.74, 6) is 0.0637. The summed E-state index contributed by atoms with van der Waals surface area (Å²) in [5, 5.41) is 0.0242. The highest BCUT2D eigenvalue weighted by Gasteiger charge is 2.35. The molecule has 0 aliphatic carbocycles. The van der Waals surface area contributed by atoms with Gasteiger partial charge in [-0.25, -0.2) is 27.8 Å². The molecule has 1 atom stereocenters. The van der Waals surface area contributed by atoms with Crippen molar-refractivity contribution in [2.45, 2.75) is 24.5 Å². The number of imidazole rings is 1. The number of aromatic nitrogens is 4. The van der Waals surface area contributed by atoms with Gasteiger partial charge in [-0.2, -0.15) is 4.31 Å². The van der Waals surface area contributed by atoms with Crippen LogP contribution < -0.4 is 4.74 Å². The lowest BCUT2D eigenvalue weighted by atomic mass is 10.3. The molecule has 3 rings (SSSR count). The maximum absolute atomic E-state index is 12.8. The molecule has 0 radical (unpaired) electrons. The van der Waals surface area contributed by atoms with Gasteiger partial charge in [-0.1, -0.05) is 0 Å². The van der Waals surface area contributed by atoms with E-state index < -0.39 is 15.8 Å². The third kappa shape index (κ3) is 3.17. The van der Waals surface area contributed by atoms with E-state index in [0.29, 0.717) is 18.8 Å². The minimum absolute atomic E-state index is 0.0242. The molecule has 1 aliphatic rings. The van der Waals surface area contributed by atoms with Crippen LogP contribution >= 0.6 is 0 Å². The van der Waals surface area contributed by atoms with Crippen LogP contribution in [0.1, 0.15) is 12.2 Å². The molecule has 1 aliphatic heterocycles. The van der Waals surface area contributed by atoms with Crippen LogP contribution in [-0.2, 0) is 17.1 Å². The third-order valence-electron chi connectivity index (χ3n) is 3.67. The molecule has 0 spiro atoms. The molecule has 124 valence electrons. The van der Waals surface area contributed by atoms with Crippen LogP contribution in [0.15, 0.2) is 23.6 Å². The van der Waals surface area contributed by atoms with Crippen LogP contribution in [0.25, 0.3) is 0 Å². The van der Waals surface area contributed by atoms with E-state index in [2.05, 4.69) is 15.0 Å². The van der Waals surface area contributed by atoms with Crippen molar-refractivity contribution in [3.8, 4) is 6.01 Å². The van der Waals surface area contributed by atoms with Crippen LogP contribution in [0.5, 0.6) is 6.01 Å². The normalized spacial score (nSPS) is 19.2. The van der Waals surface area contributed by atoms with Crippen molar-refractivity contribution in [3.05, 3.63) is 30.2 Å². The van der Waals surface area contributed by atoms with Crippen molar-refractivity contribution in [3.63, 3.8) is 0 Å². The number of ether oxygens (including phenoxy) is 1. The Morgan fingerprint density at radius 2 is 2.04 bits per heavy atom. The molecule has 0 aromatic carbocycles. The second-order valence-electron chi connectivity index (χ2n) is 5.31. The van der Waals surface area contributed by atoms with Crippen LogP contribution in [0, 0.1) is 12.7 Å². The van der Waals surface area contributed by atoms with Crippen LogP contribution in [-0.4, -0.2) is 51.4 Å². The van der Waals surface area contributed by atoms with E-state index in [9.17, 15) is 12.8 Å². The minimum Gasteiger partial charge on any atom is -0.459 e. The summed E-state index contributed by atoms with van der Waals surface area (Å²) in [6.45, 7) is 2.24. The molecule has 8 nitrogen and oxygen atoms in total. The molecule has 1 fully saturated rings. The molecule has 2 aromatic heterocycles. The fourth-order valence-electron chi connectivity index (χ4n) is 2.31. The summed E-state index contributed by atoms with van der Waals surface area (Å²) >= 11 is 0. The topological polar surface area (TPSA) is 90.2 Å². The number of sulfonamides is 1. The van der Waals surface area contributed by atoms with E-state index in [-0.39, 0.29) is 23.7 Å². The molecule has 0 amide bonds. The number of hydrogen-bond donors (Lipinski definition) is 0. The smallest absolute Gasteiger partial charge is 0.316 e. The molecule has 2 aromatic rings. The van der Waals surface area contributed by atoms with Gasteiger partial charge in [-0.05, 0) is 13.3 Å². The van der Waals surface area contributed by atoms with Gasteiger partial charge >= 0.3 is 6.01 Å². The highest BCUT2D eigenvalue weighted by Crippen LogP contribution is 2.22. The third-order valence-corrected chi connectivity index (χ3v) is 5.40. The molecule has 23 heavy (non-hydrogen) atoms. The van der Waals surface area contributed by atoms with Gasteiger partial charge in [0.1, 0.15) is 11.9 Å². The fraction of sp³-hybridized carbons (Fsp3) is 0.462. The van der Waals surface area contributed by atoms with Gasteiger partial charge in [0.25, 0.3) is 10.0 Å². The van der Waals surface area contributed by atoms with Gasteiger partial charge in [-0.15, -0.1) is 0 Å². The molecule has 0 unspecified atom stereocenters. The Morgan fingerprint density at radius 3 is 2.65 bits per heavy atom. The molecule has 10 heteroatoms. The fourth-order valence-corrected chi connectivity index (χ4v) is 3.82. The Hall–Kier alpha value is -2.07. The number of nitrogens with zero attached hydrogens (tertiary/aromatic N) is 5. The predicted octanol–water partition coefficient (Wildman–Crippen LogP) is 0.500. The molecule has 0 N–H and O–H groups in total. The first kappa shape index (κ1) is 15.8. The molecular weight excluding hydrogens is 325 g/mol. The highest BCUT2D eigenvalue weighted by molar-refractivity contribution is 7.89. The Kier molecular flexibility index (Phi) is 4.02. The van der Waals surface area contributed by atoms with Gasteiger partial charge in [0.05, 0.1) is 18.9 Å². The molecule has 0 saturated carbocycles. The Bertz CT molecular complexity index is 786. The van der Waals surface area contributed by atoms with Crippen molar-refractivity contribution < 1.29 is 17.5 Å². The van der Waals surface area contributed by atoms with Crippen LogP contribution in [0.4, 0.5) is 4.39 Å². The Labute approximate surface area is 133 Å². The molecular formula is C13H16FN5O3S. The number of hydrogen-bond acceptors (Lipinski definition) is 6. The van der Waals surface area contributed by atoms with Gasteiger partial charge in [0.2, 0.25) is 0 Å². The first-order valence-electron chi connectivity index (χ1n) is 7.00. The van der Waals surface area contributed by atoms with Gasteiger partial charge in [0, 0.05) is 19.8 Å². The lowest BCUT2D eigenvalue weighted by molar-refractivity contribution is 0.197. The number of aryl methyl sites for hydroxylation is 2. The molecule has 0 bridgehead atoms. The Balaban J connectivity index is 1.70. The monoisotopic (exact) mass is 341 g/mol. The summed E-state index contributed by atoms with van der Waals surface area (Å²) in [4.78, 5) is 11.5. The predicted molar refractivity (Wildman–Crippen MR) is 77.7 cm³/mol. The van der Waals surface area contributed by atoms with Crippen LogP contribution in [0.2, 0.25) is 0 Å². The Morgan fingerprint density at radius 1 is 1.35 bits per heavy atom. The second-order valence-corrected chi connectivity index (χ2v) is 7.20. The standard InChI is InChI=1S/C13H16FN5O3S/c1-9-17-12(8-18(9)2)23(20,21)19-4-3-11(7-19)22-13-15-5-10(14)6-16-13/h5-6,8,11H,3-4,7H2,1-2H3/t11-/m0/s1. The molecule has 3 heterocycles. The summed E-state index contributed by atoms with van der Waals surface area (Å²) in [5.41, 5.74) is 0. The van der Waals surface area contributed by atoms with Gasteiger partial charge in [-0.3, -0.25) is 0 Å². The lowest BCUT2D eigenvalue weighted by Gasteiger charge is -2.15. The van der Waals surface area contributed by atoms with Crippen molar-refractivity contribution >= 4 is 10.0 Å². The SMILES string of the molecule is Cc1nc(S(=O)(=O)N2CC[C@H](Oc3ncc(F)cn3)C2)cn1C. The average molecular weight is 341 g/mol. The van der Waals surface area contributed by atoms with Crippen molar-refractivity contribution in [2.75, 3.05) is 13.1 Å². The van der Waals surface area contributed by atoms with E-state index in [0.717, 1.165) is 12.4 Å². The quantitative estimate of drug-likeness (QED) is 0.804. The summed E-state index contributed by atoms with van der Waals surface area (Å²) < 4.78 is 46.4. The first-order valence-corrected chi connectivity index (χ1v) is 8.44. The summed E-state index contributed by atoms with van der Waals surface area (Å²) in [7, 11) is -1.91. The van der Waals surface area contributed by atoms with Crippen LogP contribution in [0.3, 0.4) is 0 Å². The zero-order valence-corrected chi connectivity index (χ0v) is 13.5. The summed E-state index contributed by atoms with van der Waals surface area (Å²) in [6, 6.07) is 0.0318. The zero-order valence-electron chi connectivity index (χ0n) is 12.7. The van der Waals surface area contributed by atoms with Gasteiger partial charge in [0.15, 0.2) is 10.8 Å². The molecule has 1 saturated heterocycles. The van der Waals surface area contributed by atoms with E-state index in [1.54, 1.807) is 18.5 Å². The first-order chi connectivity index (χ1) is 10.9. The largest absolute Gasteiger partial charge is 0.459 e. The lowest BCUT2D eigenvalue weighted by Crippen LogP contribution is -2.31. The van der Waals surface area contributed by atoms with Crippen molar-refractivity contribution in [2.24, 2.45) is 7.05 Å². The summed E-state index contributed by atoms with van der Waals surface area (Å²) in [6.07, 6.45) is 3.62. The van der Waals surface area contributed by atoms with Crippen molar-refractivity contribution in [1.82, 2.24) is 23.8 Å². The number of halogens is 1. The van der Waals surface area contributed by atoms with E-state index in [1.165, 1.54) is 10.5 Å². The number of rotatable bonds is 4. The minimum atomic E-state index is -3.65.